The van der Waals surface area contributed by atoms with Gasteiger partial charge in [-0.2, -0.15) is 8.42 Å². The Hall–Kier alpha value is -0.870. The lowest BCUT2D eigenvalue weighted by Crippen LogP contribution is -2.24. The highest BCUT2D eigenvalue weighted by Gasteiger charge is 2.23. The Kier molecular flexibility index (Phi) is 3.21. The highest BCUT2D eigenvalue weighted by Crippen LogP contribution is 2.19. The summed E-state index contributed by atoms with van der Waals surface area (Å²) in [6, 6.07) is 6.60. The van der Waals surface area contributed by atoms with Gasteiger partial charge >= 0.3 is 0 Å². The van der Waals surface area contributed by atoms with E-state index >= 15 is 0 Å². The Morgan fingerprint density at radius 3 is 1.93 bits per heavy atom. The first-order valence-corrected chi connectivity index (χ1v) is 6.14. The molecule has 0 spiro atoms. The average molecular weight is 228 g/mol. The summed E-state index contributed by atoms with van der Waals surface area (Å²) < 4.78 is 28.5. The first-order valence-electron chi connectivity index (χ1n) is 4.73. The highest BCUT2D eigenvalue weighted by atomic mass is 32.2. The van der Waals surface area contributed by atoms with Crippen LogP contribution in [0.2, 0.25) is 0 Å². The fourth-order valence-corrected chi connectivity index (χ4v) is 2.31. The third kappa shape index (κ3) is 3.64. The van der Waals surface area contributed by atoms with Crippen molar-refractivity contribution in [2.45, 2.75) is 38.2 Å². The minimum absolute atomic E-state index is 0.197. The minimum Gasteiger partial charge on any atom is -0.261 e. The van der Waals surface area contributed by atoms with Gasteiger partial charge in [0, 0.05) is 0 Å². The summed E-state index contributed by atoms with van der Waals surface area (Å²) in [5, 5.41) is 0. The van der Waals surface area contributed by atoms with Crippen molar-refractivity contribution >= 4 is 10.1 Å². The van der Waals surface area contributed by atoms with Crippen LogP contribution in [0.15, 0.2) is 29.2 Å². The van der Waals surface area contributed by atoms with E-state index in [1.54, 1.807) is 45.0 Å². The predicted octanol–water partition coefficient (Wildman–Crippen LogP) is 2.50. The summed E-state index contributed by atoms with van der Waals surface area (Å²) >= 11 is 0. The largest absolute Gasteiger partial charge is 0.297 e. The maximum absolute atomic E-state index is 11.7. The molecule has 0 aliphatic rings. The van der Waals surface area contributed by atoms with Crippen molar-refractivity contribution in [3.05, 3.63) is 29.8 Å². The maximum atomic E-state index is 11.7. The van der Waals surface area contributed by atoms with Gasteiger partial charge in [0.2, 0.25) is 0 Å². The number of hydrogen-bond acceptors (Lipinski definition) is 3. The summed E-state index contributed by atoms with van der Waals surface area (Å²) in [6.45, 7) is 7.03. The van der Waals surface area contributed by atoms with Gasteiger partial charge in [0.05, 0.1) is 10.5 Å². The lowest BCUT2D eigenvalue weighted by molar-refractivity contribution is 0.139. The second-order valence-corrected chi connectivity index (χ2v) is 6.01. The molecule has 1 aromatic rings. The van der Waals surface area contributed by atoms with Gasteiger partial charge in [0.1, 0.15) is 0 Å². The molecule has 0 saturated carbocycles. The molecule has 0 unspecified atom stereocenters. The van der Waals surface area contributed by atoms with E-state index in [-0.39, 0.29) is 4.90 Å². The fourth-order valence-electron chi connectivity index (χ4n) is 1.08. The normalized spacial score (nSPS) is 12.8. The first-order chi connectivity index (χ1) is 6.71. The van der Waals surface area contributed by atoms with Crippen LogP contribution in [-0.4, -0.2) is 14.0 Å². The van der Waals surface area contributed by atoms with E-state index in [4.69, 9.17) is 4.18 Å². The van der Waals surface area contributed by atoms with Crippen molar-refractivity contribution < 1.29 is 12.6 Å². The summed E-state index contributed by atoms with van der Waals surface area (Å²) in [5.74, 6) is 0. The molecule has 0 radical (unpaired) electrons. The Bertz CT molecular complexity index is 424. The molecule has 0 bridgehead atoms. The molecule has 0 heterocycles. The monoisotopic (exact) mass is 228 g/mol. The van der Waals surface area contributed by atoms with Crippen molar-refractivity contribution in [1.82, 2.24) is 0 Å². The smallest absolute Gasteiger partial charge is 0.261 e. The van der Waals surface area contributed by atoms with Gasteiger partial charge in [-0.1, -0.05) is 17.7 Å². The molecule has 0 fully saturated rings. The average Bonchev–Trinajstić information content (AvgIpc) is 2.00. The molecule has 4 heteroatoms. The number of hydrogen-bond donors (Lipinski definition) is 0. The van der Waals surface area contributed by atoms with E-state index in [1.165, 1.54) is 0 Å². The summed E-state index contributed by atoms with van der Waals surface area (Å²) in [7, 11) is -3.63. The molecule has 0 saturated heterocycles. The third-order valence-electron chi connectivity index (χ3n) is 1.67. The molecule has 0 aliphatic carbocycles. The second kappa shape index (κ2) is 3.94. The maximum Gasteiger partial charge on any atom is 0.297 e. The quantitative estimate of drug-likeness (QED) is 0.730. The van der Waals surface area contributed by atoms with Gasteiger partial charge in [0.25, 0.3) is 10.1 Å². The van der Waals surface area contributed by atoms with Crippen LogP contribution < -0.4 is 0 Å². The van der Waals surface area contributed by atoms with Crippen LogP contribution in [-0.2, 0) is 14.3 Å². The number of aryl methyl sites for hydroxylation is 1. The van der Waals surface area contributed by atoms with E-state index in [0.717, 1.165) is 5.56 Å². The standard InChI is InChI=1S/C11H16O3S/c1-9-5-7-10(8-6-9)15(12,13)14-11(2,3)4/h5-8H,1-4H3. The van der Waals surface area contributed by atoms with Gasteiger partial charge in [-0.15, -0.1) is 0 Å². The van der Waals surface area contributed by atoms with Crippen LogP contribution in [0.1, 0.15) is 26.3 Å². The second-order valence-electron chi connectivity index (χ2n) is 4.46. The van der Waals surface area contributed by atoms with Gasteiger partial charge in [-0.3, -0.25) is 4.18 Å². The summed E-state index contributed by atoms with van der Waals surface area (Å²) in [4.78, 5) is 0.197. The molecule has 0 amide bonds. The molecule has 1 aromatic carbocycles. The molecular formula is C11H16O3S. The third-order valence-corrected chi connectivity index (χ3v) is 3.24. The van der Waals surface area contributed by atoms with Crippen LogP contribution in [0.3, 0.4) is 0 Å². The Morgan fingerprint density at radius 1 is 1.07 bits per heavy atom. The van der Waals surface area contributed by atoms with Gasteiger partial charge in [-0.05, 0) is 39.8 Å². The van der Waals surface area contributed by atoms with Crippen LogP contribution in [0.5, 0.6) is 0 Å². The number of rotatable bonds is 2. The van der Waals surface area contributed by atoms with E-state index in [1.807, 2.05) is 6.92 Å². The molecule has 3 nitrogen and oxygen atoms in total. The highest BCUT2D eigenvalue weighted by molar-refractivity contribution is 7.86. The molecule has 84 valence electrons. The van der Waals surface area contributed by atoms with E-state index < -0.39 is 15.7 Å². The Morgan fingerprint density at radius 2 is 1.53 bits per heavy atom. The molecular weight excluding hydrogens is 212 g/mol. The predicted molar refractivity (Wildman–Crippen MR) is 59.2 cm³/mol. The van der Waals surface area contributed by atoms with Gasteiger partial charge < -0.3 is 0 Å². The zero-order chi connectivity index (χ0) is 11.7. The zero-order valence-corrected chi connectivity index (χ0v) is 10.3. The minimum atomic E-state index is -3.63. The zero-order valence-electron chi connectivity index (χ0n) is 9.44. The molecule has 0 N–H and O–H groups in total. The Labute approximate surface area is 91.2 Å². The first kappa shape index (κ1) is 12.2. The van der Waals surface area contributed by atoms with Crippen LogP contribution in [0, 0.1) is 6.92 Å². The van der Waals surface area contributed by atoms with Crippen molar-refractivity contribution in [3.8, 4) is 0 Å². The van der Waals surface area contributed by atoms with Crippen molar-refractivity contribution in [3.63, 3.8) is 0 Å². The molecule has 0 atom stereocenters. The van der Waals surface area contributed by atoms with E-state index in [2.05, 4.69) is 0 Å². The SMILES string of the molecule is Cc1ccc(S(=O)(=O)OC(C)(C)C)cc1. The molecule has 15 heavy (non-hydrogen) atoms. The van der Waals surface area contributed by atoms with Crippen molar-refractivity contribution in [2.24, 2.45) is 0 Å². The lowest BCUT2D eigenvalue weighted by Gasteiger charge is -2.18. The molecule has 1 rings (SSSR count). The van der Waals surface area contributed by atoms with E-state index in [0.29, 0.717) is 0 Å². The summed E-state index contributed by atoms with van der Waals surface area (Å²) in [6.07, 6.45) is 0. The van der Waals surface area contributed by atoms with Crippen LogP contribution in [0.4, 0.5) is 0 Å². The van der Waals surface area contributed by atoms with Crippen molar-refractivity contribution in [2.75, 3.05) is 0 Å². The van der Waals surface area contributed by atoms with Crippen molar-refractivity contribution in [1.29, 1.82) is 0 Å². The topological polar surface area (TPSA) is 43.4 Å². The summed E-state index contributed by atoms with van der Waals surface area (Å²) in [5.41, 5.74) is 0.314. The lowest BCUT2D eigenvalue weighted by atomic mass is 10.2. The van der Waals surface area contributed by atoms with E-state index in [9.17, 15) is 8.42 Å². The molecule has 0 aliphatic heterocycles. The van der Waals surface area contributed by atoms with Crippen LogP contribution in [0.25, 0.3) is 0 Å². The van der Waals surface area contributed by atoms with Crippen LogP contribution >= 0.6 is 0 Å². The fraction of sp³-hybridized carbons (Fsp3) is 0.455. The van der Waals surface area contributed by atoms with Gasteiger partial charge in [-0.25, -0.2) is 0 Å². The number of benzene rings is 1. The van der Waals surface area contributed by atoms with Gasteiger partial charge in [0.15, 0.2) is 0 Å². The molecule has 0 aromatic heterocycles. The Balaban J connectivity index is 3.02.